The molecule has 2 rings (SSSR count). The first kappa shape index (κ1) is 14.6. The summed E-state index contributed by atoms with van der Waals surface area (Å²) >= 11 is 0. The van der Waals surface area contributed by atoms with E-state index in [0.717, 1.165) is 0 Å². The van der Waals surface area contributed by atoms with E-state index in [1.807, 2.05) is 0 Å². The summed E-state index contributed by atoms with van der Waals surface area (Å²) in [6.07, 6.45) is 0. The number of carbonyl (C=O) groups is 2. The summed E-state index contributed by atoms with van der Waals surface area (Å²) in [5.74, 6) is -6.33. The smallest absolute Gasteiger partial charge is 0.335 e. The molecule has 0 aliphatic heterocycles. The Balaban J connectivity index is 2.20. The summed E-state index contributed by atoms with van der Waals surface area (Å²) in [6.45, 7) is 0. The molecule has 0 radical (unpaired) electrons. The average Bonchev–Trinajstić information content (AvgIpc) is 2.44. The number of nitrogens with one attached hydrogen (secondary N) is 1. The van der Waals surface area contributed by atoms with E-state index in [2.05, 4.69) is 5.32 Å². The zero-order valence-electron chi connectivity index (χ0n) is 10.4. The number of aromatic carboxylic acids is 1. The molecule has 21 heavy (non-hydrogen) atoms. The first-order chi connectivity index (χ1) is 9.88. The monoisotopic (exact) mass is 295 g/mol. The topological polar surface area (TPSA) is 66.4 Å². The molecule has 0 spiro atoms. The Bertz CT molecular complexity index is 691. The van der Waals surface area contributed by atoms with Gasteiger partial charge < -0.3 is 10.4 Å². The van der Waals surface area contributed by atoms with Crippen molar-refractivity contribution < 1.29 is 27.9 Å². The van der Waals surface area contributed by atoms with Crippen LogP contribution < -0.4 is 5.32 Å². The maximum atomic E-state index is 13.0. The van der Waals surface area contributed by atoms with Crippen LogP contribution in [0.2, 0.25) is 0 Å². The Kier molecular flexibility index (Phi) is 3.93. The van der Waals surface area contributed by atoms with Gasteiger partial charge in [0, 0.05) is 23.4 Å². The van der Waals surface area contributed by atoms with E-state index in [-0.39, 0.29) is 16.8 Å². The molecule has 2 aromatic rings. The molecule has 0 saturated carbocycles. The summed E-state index contributed by atoms with van der Waals surface area (Å²) in [5, 5.41) is 10.9. The first-order valence-corrected chi connectivity index (χ1v) is 5.67. The zero-order chi connectivity index (χ0) is 15.6. The number of halogens is 3. The molecular weight excluding hydrogens is 287 g/mol. The van der Waals surface area contributed by atoms with Crippen LogP contribution in [0, 0.1) is 17.5 Å². The molecule has 0 atom stereocenters. The second-order valence-corrected chi connectivity index (χ2v) is 4.09. The second-order valence-electron chi connectivity index (χ2n) is 4.09. The number of carbonyl (C=O) groups excluding carboxylic acids is 1. The highest BCUT2D eigenvalue weighted by molar-refractivity contribution is 6.04. The highest BCUT2D eigenvalue weighted by Crippen LogP contribution is 2.18. The maximum absolute atomic E-state index is 13.0. The van der Waals surface area contributed by atoms with Gasteiger partial charge in [0.05, 0.1) is 5.56 Å². The minimum Gasteiger partial charge on any atom is -0.478 e. The largest absolute Gasteiger partial charge is 0.478 e. The molecule has 0 fully saturated rings. The normalized spacial score (nSPS) is 10.2. The van der Waals surface area contributed by atoms with Gasteiger partial charge in [-0.25, -0.2) is 18.0 Å². The number of rotatable bonds is 3. The fraction of sp³-hybridized carbons (Fsp3) is 0. The van der Waals surface area contributed by atoms with E-state index in [1.165, 1.54) is 24.3 Å². The number of hydrogen-bond acceptors (Lipinski definition) is 2. The third-order valence-corrected chi connectivity index (χ3v) is 2.64. The molecule has 0 aliphatic rings. The predicted octanol–water partition coefficient (Wildman–Crippen LogP) is 3.05. The number of anilines is 1. The van der Waals surface area contributed by atoms with Crippen molar-refractivity contribution in [3.05, 3.63) is 65.0 Å². The summed E-state index contributed by atoms with van der Waals surface area (Å²) in [4.78, 5) is 22.5. The van der Waals surface area contributed by atoms with Crippen LogP contribution >= 0.6 is 0 Å². The lowest BCUT2D eigenvalue weighted by molar-refractivity contribution is 0.0696. The van der Waals surface area contributed by atoms with Crippen molar-refractivity contribution in [1.82, 2.24) is 0 Å². The maximum Gasteiger partial charge on any atom is 0.335 e. The van der Waals surface area contributed by atoms with Crippen LogP contribution in [-0.4, -0.2) is 17.0 Å². The van der Waals surface area contributed by atoms with Crippen LogP contribution in [0.3, 0.4) is 0 Å². The van der Waals surface area contributed by atoms with Gasteiger partial charge in [-0.15, -0.1) is 0 Å². The van der Waals surface area contributed by atoms with E-state index >= 15 is 0 Å². The number of hydrogen-bond donors (Lipinski definition) is 2. The molecule has 0 bridgehead atoms. The highest BCUT2D eigenvalue weighted by atomic mass is 19.2. The van der Waals surface area contributed by atoms with Crippen LogP contribution in [0.25, 0.3) is 0 Å². The average molecular weight is 295 g/mol. The van der Waals surface area contributed by atoms with Gasteiger partial charge in [0.25, 0.3) is 5.91 Å². The van der Waals surface area contributed by atoms with Gasteiger partial charge in [0.1, 0.15) is 0 Å². The third kappa shape index (κ3) is 3.19. The predicted molar refractivity (Wildman–Crippen MR) is 67.7 cm³/mol. The number of benzene rings is 2. The van der Waals surface area contributed by atoms with E-state index < -0.39 is 29.3 Å². The van der Waals surface area contributed by atoms with Gasteiger partial charge >= 0.3 is 5.97 Å². The number of amides is 1. The molecule has 0 heterocycles. The fourth-order valence-corrected chi connectivity index (χ4v) is 1.60. The molecule has 0 aromatic heterocycles. The van der Waals surface area contributed by atoms with E-state index in [9.17, 15) is 22.8 Å². The molecule has 4 nitrogen and oxygen atoms in total. The lowest BCUT2D eigenvalue weighted by atomic mass is 10.1. The summed E-state index contributed by atoms with van der Waals surface area (Å²) in [5.41, 5.74) is -0.172. The van der Waals surface area contributed by atoms with Crippen LogP contribution in [0.1, 0.15) is 20.7 Å². The van der Waals surface area contributed by atoms with E-state index in [0.29, 0.717) is 12.1 Å². The van der Waals surface area contributed by atoms with Crippen molar-refractivity contribution in [1.29, 1.82) is 0 Å². The Hall–Kier alpha value is -2.83. The molecule has 2 N–H and O–H groups in total. The standard InChI is InChI=1S/C14H8F3NO3/c15-10-5-9(6-11(16)12(10)17)18-13(19)7-1-3-8(4-2-7)14(20)21/h1-6H,(H,18,19)(H,20,21). The Morgan fingerprint density at radius 2 is 1.38 bits per heavy atom. The van der Waals surface area contributed by atoms with E-state index in [1.54, 1.807) is 0 Å². The SMILES string of the molecule is O=C(O)c1ccc(C(=O)Nc2cc(F)c(F)c(F)c2)cc1. The summed E-state index contributed by atoms with van der Waals surface area (Å²) < 4.78 is 38.8. The van der Waals surface area contributed by atoms with Crippen LogP contribution in [0.15, 0.2) is 36.4 Å². The van der Waals surface area contributed by atoms with Crippen LogP contribution in [0.4, 0.5) is 18.9 Å². The summed E-state index contributed by atoms with van der Waals surface area (Å²) in [7, 11) is 0. The van der Waals surface area contributed by atoms with Gasteiger partial charge in [-0.05, 0) is 24.3 Å². The molecule has 0 unspecified atom stereocenters. The lowest BCUT2D eigenvalue weighted by Crippen LogP contribution is -2.13. The van der Waals surface area contributed by atoms with Crippen molar-refractivity contribution in [2.24, 2.45) is 0 Å². The Morgan fingerprint density at radius 3 is 1.86 bits per heavy atom. The molecule has 2 aromatic carbocycles. The summed E-state index contributed by atoms with van der Waals surface area (Å²) in [6, 6.07) is 6.19. The zero-order valence-corrected chi connectivity index (χ0v) is 10.4. The van der Waals surface area contributed by atoms with Gasteiger partial charge in [0.15, 0.2) is 17.5 Å². The van der Waals surface area contributed by atoms with E-state index in [4.69, 9.17) is 5.11 Å². The minimum atomic E-state index is -1.63. The minimum absolute atomic E-state index is 0.00887. The molecule has 108 valence electrons. The lowest BCUT2D eigenvalue weighted by Gasteiger charge is -2.06. The molecular formula is C14H8F3NO3. The second kappa shape index (κ2) is 5.66. The van der Waals surface area contributed by atoms with Crippen molar-refractivity contribution in [2.75, 3.05) is 5.32 Å². The van der Waals surface area contributed by atoms with Gasteiger partial charge in [-0.1, -0.05) is 0 Å². The highest BCUT2D eigenvalue weighted by Gasteiger charge is 2.13. The van der Waals surface area contributed by atoms with Crippen molar-refractivity contribution in [2.45, 2.75) is 0 Å². The quantitative estimate of drug-likeness (QED) is 0.855. The first-order valence-electron chi connectivity index (χ1n) is 5.67. The van der Waals surface area contributed by atoms with Crippen molar-refractivity contribution >= 4 is 17.6 Å². The van der Waals surface area contributed by atoms with Gasteiger partial charge in [-0.3, -0.25) is 4.79 Å². The number of carboxylic acids is 1. The van der Waals surface area contributed by atoms with Crippen LogP contribution in [-0.2, 0) is 0 Å². The van der Waals surface area contributed by atoms with Crippen molar-refractivity contribution in [3.63, 3.8) is 0 Å². The van der Waals surface area contributed by atoms with Crippen molar-refractivity contribution in [3.8, 4) is 0 Å². The molecule has 0 saturated heterocycles. The van der Waals surface area contributed by atoms with Crippen LogP contribution in [0.5, 0.6) is 0 Å². The Labute approximate surface area is 116 Å². The molecule has 0 aliphatic carbocycles. The molecule has 1 amide bonds. The Morgan fingerprint density at radius 1 is 0.905 bits per heavy atom. The van der Waals surface area contributed by atoms with Gasteiger partial charge in [-0.2, -0.15) is 0 Å². The molecule has 7 heteroatoms. The third-order valence-electron chi connectivity index (χ3n) is 2.64. The number of carboxylic acid groups (broad SMARTS) is 1. The fourth-order valence-electron chi connectivity index (χ4n) is 1.60. The van der Waals surface area contributed by atoms with Gasteiger partial charge in [0.2, 0.25) is 0 Å².